The van der Waals surface area contributed by atoms with Gasteiger partial charge in [-0.25, -0.2) is 4.57 Å². The first-order valence-corrected chi connectivity index (χ1v) is 7.94. The SMILES string of the molecule is C=C1N=C(ON)C=CN1C[C@H]1CC(O)[C@@H](COP(=O)(O)O)O1. The highest BCUT2D eigenvalue weighted by molar-refractivity contribution is 7.46. The molecule has 2 rings (SSSR count). The van der Waals surface area contributed by atoms with Gasteiger partial charge in [-0.2, -0.15) is 10.9 Å². The van der Waals surface area contributed by atoms with Crippen LogP contribution in [0.5, 0.6) is 0 Å². The monoisotopic (exact) mass is 335 g/mol. The van der Waals surface area contributed by atoms with Gasteiger partial charge in [0.15, 0.2) is 0 Å². The molecule has 0 aliphatic carbocycles. The second kappa shape index (κ2) is 6.88. The van der Waals surface area contributed by atoms with Crippen LogP contribution in [0.2, 0.25) is 0 Å². The summed E-state index contributed by atoms with van der Waals surface area (Å²) in [6.07, 6.45) is 1.48. The van der Waals surface area contributed by atoms with Crippen molar-refractivity contribution in [2.75, 3.05) is 13.2 Å². The first-order valence-electron chi connectivity index (χ1n) is 6.41. The van der Waals surface area contributed by atoms with Crippen LogP contribution in [0.15, 0.2) is 29.7 Å². The fourth-order valence-corrected chi connectivity index (χ4v) is 2.51. The second-order valence-electron chi connectivity index (χ2n) is 4.84. The molecular weight excluding hydrogens is 317 g/mol. The highest BCUT2D eigenvalue weighted by atomic mass is 31.2. The molecule has 1 saturated heterocycles. The smallest absolute Gasteiger partial charge is 0.391 e. The molecule has 0 aromatic heterocycles. The van der Waals surface area contributed by atoms with E-state index < -0.39 is 20.0 Å². The maximum absolute atomic E-state index is 10.7. The normalized spacial score (nSPS) is 28.9. The van der Waals surface area contributed by atoms with E-state index in [1.54, 1.807) is 17.2 Å². The van der Waals surface area contributed by atoms with Crippen molar-refractivity contribution in [2.45, 2.75) is 24.7 Å². The molecule has 2 aliphatic heterocycles. The van der Waals surface area contributed by atoms with Gasteiger partial charge in [-0.05, 0) is 0 Å². The molecule has 2 heterocycles. The summed E-state index contributed by atoms with van der Waals surface area (Å²) in [5.74, 6) is 5.62. The van der Waals surface area contributed by atoms with Gasteiger partial charge in [0.25, 0.3) is 0 Å². The summed E-state index contributed by atoms with van der Waals surface area (Å²) in [5, 5.41) is 9.85. The van der Waals surface area contributed by atoms with Crippen LogP contribution in [0.3, 0.4) is 0 Å². The van der Waals surface area contributed by atoms with E-state index in [0.717, 1.165) is 0 Å². The highest BCUT2D eigenvalue weighted by Gasteiger charge is 2.36. The molecule has 10 nitrogen and oxygen atoms in total. The largest absolute Gasteiger partial charge is 0.469 e. The van der Waals surface area contributed by atoms with E-state index in [0.29, 0.717) is 18.8 Å². The quantitative estimate of drug-likeness (QED) is 0.374. The van der Waals surface area contributed by atoms with Crippen molar-refractivity contribution >= 4 is 13.7 Å². The van der Waals surface area contributed by atoms with Crippen molar-refractivity contribution < 1.29 is 33.6 Å². The summed E-state index contributed by atoms with van der Waals surface area (Å²) < 4.78 is 20.6. The predicted octanol–water partition coefficient (Wildman–Crippen LogP) is -0.797. The van der Waals surface area contributed by atoms with E-state index in [-0.39, 0.29) is 18.6 Å². The molecule has 0 saturated carbocycles. The van der Waals surface area contributed by atoms with Gasteiger partial charge in [0.1, 0.15) is 11.9 Å². The van der Waals surface area contributed by atoms with Crippen LogP contribution in [0.25, 0.3) is 0 Å². The van der Waals surface area contributed by atoms with Gasteiger partial charge in [-0.3, -0.25) is 4.52 Å². The van der Waals surface area contributed by atoms with E-state index in [1.165, 1.54) is 0 Å². The molecule has 0 aromatic carbocycles. The number of aliphatic imine (C=N–C) groups is 1. The molecule has 1 unspecified atom stereocenters. The van der Waals surface area contributed by atoms with Gasteiger partial charge < -0.3 is 29.4 Å². The third kappa shape index (κ3) is 4.62. The lowest BCUT2D eigenvalue weighted by Gasteiger charge is -2.25. The Morgan fingerprint density at radius 1 is 1.59 bits per heavy atom. The number of phosphoric ester groups is 1. The van der Waals surface area contributed by atoms with Gasteiger partial charge >= 0.3 is 7.82 Å². The van der Waals surface area contributed by atoms with E-state index in [1.807, 2.05) is 0 Å². The Balaban J connectivity index is 1.86. The van der Waals surface area contributed by atoms with Gasteiger partial charge in [-0.1, -0.05) is 6.58 Å². The molecule has 0 amide bonds. The Hall–Kier alpha value is -1.26. The van der Waals surface area contributed by atoms with Crippen molar-refractivity contribution in [3.05, 3.63) is 24.7 Å². The van der Waals surface area contributed by atoms with Gasteiger partial charge in [-0.15, -0.1) is 0 Å². The average Bonchev–Trinajstić information content (AvgIpc) is 2.78. The number of nitrogens with zero attached hydrogens (tertiary/aromatic N) is 2. The van der Waals surface area contributed by atoms with Gasteiger partial charge in [0.05, 0.1) is 25.4 Å². The highest BCUT2D eigenvalue weighted by Crippen LogP contribution is 2.37. The zero-order chi connectivity index (χ0) is 16.3. The molecule has 5 N–H and O–H groups in total. The van der Waals surface area contributed by atoms with E-state index in [4.69, 9.17) is 20.4 Å². The number of aliphatic hydroxyl groups excluding tert-OH is 1. The number of rotatable bonds is 5. The standard InChI is InChI=1S/C11H18N3O7P/c1-7-13-11(21-12)2-3-14(7)5-8-4-9(15)10(20-8)6-19-22(16,17)18/h2-3,8-10,15H,1,4-6,12H2,(H2,16,17,18)/t8-,9?,10-/m1/s1. The second-order valence-corrected chi connectivity index (χ2v) is 6.08. The average molecular weight is 335 g/mol. The van der Waals surface area contributed by atoms with Crippen molar-refractivity contribution in [3.63, 3.8) is 0 Å². The summed E-state index contributed by atoms with van der Waals surface area (Å²) in [4.78, 5) is 27.5. The number of nitrogens with two attached hydrogens (primary N) is 1. The summed E-state index contributed by atoms with van der Waals surface area (Å²) in [7, 11) is -4.59. The molecule has 11 heteroatoms. The third-order valence-electron chi connectivity index (χ3n) is 3.20. The molecule has 3 atom stereocenters. The maximum Gasteiger partial charge on any atom is 0.469 e. The summed E-state index contributed by atoms with van der Waals surface area (Å²) in [5.41, 5.74) is 0. The summed E-state index contributed by atoms with van der Waals surface area (Å²) in [6.45, 7) is 3.72. The molecular formula is C11H18N3O7P. The topological polar surface area (TPSA) is 147 Å². The Bertz CT molecular complexity index is 532. The Morgan fingerprint density at radius 3 is 2.91 bits per heavy atom. The summed E-state index contributed by atoms with van der Waals surface area (Å²) in [6, 6.07) is 0. The Kier molecular flexibility index (Phi) is 5.35. The van der Waals surface area contributed by atoms with Crippen LogP contribution < -0.4 is 5.90 Å². The number of hydrogen-bond donors (Lipinski definition) is 4. The summed E-state index contributed by atoms with van der Waals surface area (Å²) >= 11 is 0. The van der Waals surface area contributed by atoms with Crippen LogP contribution in [0.4, 0.5) is 0 Å². The zero-order valence-corrected chi connectivity index (χ0v) is 12.5. The van der Waals surface area contributed by atoms with Crippen molar-refractivity contribution in [1.82, 2.24) is 4.90 Å². The fourth-order valence-electron chi connectivity index (χ4n) is 2.17. The van der Waals surface area contributed by atoms with Crippen molar-refractivity contribution in [3.8, 4) is 0 Å². The lowest BCUT2D eigenvalue weighted by Crippen LogP contribution is -2.30. The first-order chi connectivity index (χ1) is 10.3. The van der Waals surface area contributed by atoms with Crippen LogP contribution >= 0.6 is 7.82 Å². The predicted molar refractivity (Wildman–Crippen MR) is 75.0 cm³/mol. The van der Waals surface area contributed by atoms with Crippen molar-refractivity contribution in [2.24, 2.45) is 10.9 Å². The van der Waals surface area contributed by atoms with Crippen molar-refractivity contribution in [1.29, 1.82) is 0 Å². The van der Waals surface area contributed by atoms with E-state index >= 15 is 0 Å². The Labute approximate surface area is 126 Å². The number of aliphatic hydroxyl groups is 1. The maximum atomic E-state index is 10.7. The third-order valence-corrected chi connectivity index (χ3v) is 3.68. The molecule has 0 radical (unpaired) electrons. The minimum Gasteiger partial charge on any atom is -0.391 e. The van der Waals surface area contributed by atoms with Crippen LogP contribution in [-0.4, -0.2) is 57.2 Å². The number of hydrogen-bond acceptors (Lipinski definition) is 8. The molecule has 22 heavy (non-hydrogen) atoms. The van der Waals surface area contributed by atoms with Crippen LogP contribution in [0.1, 0.15) is 6.42 Å². The molecule has 2 aliphatic rings. The van der Waals surface area contributed by atoms with E-state index in [9.17, 15) is 9.67 Å². The van der Waals surface area contributed by atoms with Gasteiger partial charge in [0, 0.05) is 18.7 Å². The van der Waals surface area contributed by atoms with Crippen LogP contribution in [0, 0.1) is 0 Å². The lowest BCUT2D eigenvalue weighted by atomic mass is 10.1. The lowest BCUT2D eigenvalue weighted by molar-refractivity contribution is -0.0251. The Morgan fingerprint density at radius 2 is 2.32 bits per heavy atom. The molecule has 124 valence electrons. The molecule has 0 aromatic rings. The number of phosphoric acid groups is 1. The van der Waals surface area contributed by atoms with Crippen LogP contribution in [-0.2, 0) is 18.7 Å². The fraction of sp³-hybridized carbons (Fsp3) is 0.545. The minimum absolute atomic E-state index is 0.224. The molecule has 0 bridgehead atoms. The zero-order valence-electron chi connectivity index (χ0n) is 11.6. The van der Waals surface area contributed by atoms with Gasteiger partial charge in [0.2, 0.25) is 5.90 Å². The number of ether oxygens (including phenoxy) is 1. The molecule has 1 fully saturated rings. The first kappa shape index (κ1) is 17.1. The van der Waals surface area contributed by atoms with E-state index in [2.05, 4.69) is 20.9 Å². The minimum atomic E-state index is -4.59. The molecule has 0 spiro atoms.